The molecular weight excluding hydrogens is 409 g/mol. The number of nitrogens with zero attached hydrogens (tertiary/aromatic N) is 5. The number of benzene rings is 1. The van der Waals surface area contributed by atoms with E-state index in [1.807, 2.05) is 36.9 Å². The summed E-state index contributed by atoms with van der Waals surface area (Å²) in [4.78, 5) is 14.5. The summed E-state index contributed by atoms with van der Waals surface area (Å²) < 4.78 is 40.6. The summed E-state index contributed by atoms with van der Waals surface area (Å²) in [5.74, 6) is -0.756. The van der Waals surface area contributed by atoms with Crippen molar-refractivity contribution in [3.63, 3.8) is 0 Å². The van der Waals surface area contributed by atoms with Crippen LogP contribution in [0.5, 0.6) is 0 Å². The molecule has 164 valence electrons. The van der Waals surface area contributed by atoms with Gasteiger partial charge in [-0.15, -0.1) is 15.3 Å². The van der Waals surface area contributed by atoms with E-state index in [2.05, 4.69) is 20.6 Å². The molecule has 4 rings (SSSR count). The molecule has 31 heavy (non-hydrogen) atoms. The molecule has 1 fully saturated rings. The summed E-state index contributed by atoms with van der Waals surface area (Å²) in [7, 11) is 0. The highest BCUT2D eigenvalue weighted by Gasteiger charge is 2.38. The lowest BCUT2D eigenvalue weighted by Crippen LogP contribution is -2.45. The molecule has 10 heteroatoms. The fraction of sp³-hybridized carbons (Fsp3) is 0.429. The number of carbonyl (C=O) groups excluding carboxylic acids is 1. The molecule has 1 N–H and O–H groups in total. The summed E-state index contributed by atoms with van der Waals surface area (Å²) in [6, 6.07) is 7.40. The van der Waals surface area contributed by atoms with Crippen molar-refractivity contribution in [2.45, 2.75) is 45.8 Å². The molecule has 1 aliphatic heterocycles. The largest absolute Gasteiger partial charge is 0.453 e. The number of anilines is 1. The van der Waals surface area contributed by atoms with Crippen LogP contribution in [0.4, 0.5) is 19.0 Å². The zero-order valence-corrected chi connectivity index (χ0v) is 17.5. The van der Waals surface area contributed by atoms with Crippen LogP contribution in [-0.4, -0.2) is 44.8 Å². The number of aromatic nitrogens is 4. The van der Waals surface area contributed by atoms with E-state index in [1.165, 1.54) is 0 Å². The zero-order valence-electron chi connectivity index (χ0n) is 17.5. The molecule has 1 aromatic carbocycles. The van der Waals surface area contributed by atoms with Gasteiger partial charge in [-0.1, -0.05) is 18.2 Å². The van der Waals surface area contributed by atoms with E-state index >= 15 is 0 Å². The monoisotopic (exact) mass is 432 g/mol. The van der Waals surface area contributed by atoms with Crippen LogP contribution in [0.25, 0.3) is 5.65 Å². The van der Waals surface area contributed by atoms with Gasteiger partial charge in [0, 0.05) is 35.8 Å². The molecule has 0 saturated carbocycles. The second kappa shape index (κ2) is 7.82. The van der Waals surface area contributed by atoms with Crippen LogP contribution in [0.15, 0.2) is 24.3 Å². The summed E-state index contributed by atoms with van der Waals surface area (Å²) in [6.45, 7) is 6.58. The summed E-state index contributed by atoms with van der Waals surface area (Å²) >= 11 is 0. The zero-order chi connectivity index (χ0) is 22.3. The molecule has 2 aromatic heterocycles. The number of hydrogen-bond acceptors (Lipinski definition) is 5. The number of fused-ring (bicyclic) bond motifs is 1. The Hall–Kier alpha value is -3.17. The lowest BCUT2D eigenvalue weighted by molar-refractivity contribution is -0.146. The Balaban J connectivity index is 1.52. The third-order valence-electron chi connectivity index (χ3n) is 5.84. The Morgan fingerprint density at radius 1 is 1.06 bits per heavy atom. The predicted molar refractivity (Wildman–Crippen MR) is 109 cm³/mol. The van der Waals surface area contributed by atoms with Crippen LogP contribution in [0.3, 0.4) is 0 Å². The van der Waals surface area contributed by atoms with Crippen molar-refractivity contribution >= 4 is 17.4 Å². The Morgan fingerprint density at radius 3 is 2.39 bits per heavy atom. The normalized spacial score (nSPS) is 15.5. The minimum atomic E-state index is -4.64. The van der Waals surface area contributed by atoms with Gasteiger partial charge in [-0.05, 0) is 45.2 Å². The first-order valence-electron chi connectivity index (χ1n) is 10.1. The highest BCUT2D eigenvalue weighted by molar-refractivity contribution is 5.95. The van der Waals surface area contributed by atoms with Crippen LogP contribution >= 0.6 is 0 Å². The maximum Gasteiger partial charge on any atom is 0.453 e. The van der Waals surface area contributed by atoms with Crippen molar-refractivity contribution in [2.75, 3.05) is 18.0 Å². The fourth-order valence-corrected chi connectivity index (χ4v) is 3.92. The molecule has 0 bridgehead atoms. The Kier molecular flexibility index (Phi) is 5.32. The molecule has 1 saturated heterocycles. The van der Waals surface area contributed by atoms with Crippen molar-refractivity contribution in [2.24, 2.45) is 0 Å². The van der Waals surface area contributed by atoms with Gasteiger partial charge in [0.1, 0.15) is 0 Å². The van der Waals surface area contributed by atoms with E-state index in [4.69, 9.17) is 0 Å². The third kappa shape index (κ3) is 3.94. The first-order valence-corrected chi connectivity index (χ1v) is 10.1. The SMILES string of the molecule is Cc1ccccc1C(=O)NC1CCN(c2nn3c(C(F)(F)F)nnc3c(C)c2C)CC1. The number of amides is 1. The minimum absolute atomic E-state index is 0.00543. The van der Waals surface area contributed by atoms with E-state index in [0.717, 1.165) is 15.6 Å². The number of hydrogen-bond donors (Lipinski definition) is 1. The predicted octanol–water partition coefficient (Wildman–Crippen LogP) is 3.47. The molecule has 0 atom stereocenters. The molecule has 3 aromatic rings. The van der Waals surface area contributed by atoms with E-state index in [1.54, 1.807) is 13.0 Å². The number of carbonyl (C=O) groups is 1. The van der Waals surface area contributed by atoms with Gasteiger partial charge in [0.25, 0.3) is 11.7 Å². The van der Waals surface area contributed by atoms with E-state index in [-0.39, 0.29) is 17.6 Å². The molecule has 1 aliphatic rings. The molecular formula is C21H23F3N6O. The number of nitrogens with one attached hydrogen (secondary N) is 1. The summed E-state index contributed by atoms with van der Waals surface area (Å²) in [5, 5.41) is 14.3. The highest BCUT2D eigenvalue weighted by Crippen LogP contribution is 2.31. The topological polar surface area (TPSA) is 75.4 Å². The second-order valence-corrected chi connectivity index (χ2v) is 7.88. The first-order chi connectivity index (χ1) is 14.7. The number of rotatable bonds is 3. The van der Waals surface area contributed by atoms with Gasteiger partial charge in [0.05, 0.1) is 0 Å². The summed E-state index contributed by atoms with van der Waals surface area (Å²) in [5.41, 5.74) is 3.05. The van der Waals surface area contributed by atoms with Gasteiger partial charge >= 0.3 is 6.18 Å². The standard InChI is InChI=1S/C21H23F3N6O/c1-12-6-4-5-7-16(12)19(31)25-15-8-10-29(11-9-15)18-14(3)13(2)17-26-27-20(21(22,23)24)30(17)28-18/h4-7,15H,8-11H2,1-3H3,(H,25,31). The number of aryl methyl sites for hydroxylation is 2. The van der Waals surface area contributed by atoms with Crippen LogP contribution in [0.2, 0.25) is 0 Å². The van der Waals surface area contributed by atoms with Crippen LogP contribution in [0, 0.1) is 20.8 Å². The average Bonchev–Trinajstić information content (AvgIpc) is 3.16. The maximum absolute atomic E-state index is 13.3. The average molecular weight is 432 g/mol. The van der Waals surface area contributed by atoms with Gasteiger partial charge < -0.3 is 10.2 Å². The molecule has 0 spiro atoms. The molecule has 1 amide bonds. The first kappa shape index (κ1) is 21.1. The molecule has 0 unspecified atom stereocenters. The Bertz CT molecular complexity index is 1130. The van der Waals surface area contributed by atoms with Crippen molar-refractivity contribution < 1.29 is 18.0 Å². The smallest absolute Gasteiger partial charge is 0.355 e. The fourth-order valence-electron chi connectivity index (χ4n) is 3.92. The Morgan fingerprint density at radius 2 is 1.74 bits per heavy atom. The molecule has 3 heterocycles. The Labute approximate surface area is 177 Å². The van der Waals surface area contributed by atoms with Gasteiger partial charge in [-0.3, -0.25) is 4.79 Å². The molecule has 0 aliphatic carbocycles. The van der Waals surface area contributed by atoms with Crippen molar-refractivity contribution in [3.8, 4) is 0 Å². The maximum atomic E-state index is 13.3. The van der Waals surface area contributed by atoms with Crippen molar-refractivity contribution in [1.29, 1.82) is 0 Å². The lowest BCUT2D eigenvalue weighted by Gasteiger charge is -2.34. The van der Waals surface area contributed by atoms with Gasteiger partial charge in [-0.2, -0.15) is 17.7 Å². The van der Waals surface area contributed by atoms with Crippen LogP contribution in [-0.2, 0) is 6.18 Å². The van der Waals surface area contributed by atoms with Gasteiger partial charge in [0.15, 0.2) is 11.5 Å². The van der Waals surface area contributed by atoms with E-state index in [9.17, 15) is 18.0 Å². The highest BCUT2D eigenvalue weighted by atomic mass is 19.4. The van der Waals surface area contributed by atoms with Gasteiger partial charge in [-0.25, -0.2) is 0 Å². The van der Waals surface area contributed by atoms with E-state index < -0.39 is 12.0 Å². The molecule has 0 radical (unpaired) electrons. The van der Waals surface area contributed by atoms with Crippen molar-refractivity contribution in [3.05, 3.63) is 52.3 Å². The van der Waals surface area contributed by atoms with Crippen LogP contribution in [0.1, 0.15) is 45.7 Å². The van der Waals surface area contributed by atoms with E-state index in [0.29, 0.717) is 42.9 Å². The number of piperidine rings is 1. The third-order valence-corrected chi connectivity index (χ3v) is 5.84. The lowest BCUT2D eigenvalue weighted by atomic mass is 10.0. The number of halogens is 3. The van der Waals surface area contributed by atoms with Crippen molar-refractivity contribution in [1.82, 2.24) is 25.1 Å². The summed E-state index contributed by atoms with van der Waals surface area (Å²) in [6.07, 6.45) is -3.30. The quantitative estimate of drug-likeness (QED) is 0.686. The number of alkyl halides is 3. The second-order valence-electron chi connectivity index (χ2n) is 7.88. The molecule has 7 nitrogen and oxygen atoms in total. The minimum Gasteiger partial charge on any atom is -0.355 e. The van der Waals surface area contributed by atoms with Gasteiger partial charge in [0.2, 0.25) is 0 Å². The van der Waals surface area contributed by atoms with Crippen LogP contribution < -0.4 is 10.2 Å².